The van der Waals surface area contributed by atoms with Gasteiger partial charge in [-0.2, -0.15) is 0 Å². The second-order valence-corrected chi connectivity index (χ2v) is 9.00. The van der Waals surface area contributed by atoms with Crippen molar-refractivity contribution in [3.05, 3.63) is 95.9 Å². The fraction of sp³-hybridized carbons (Fsp3) is 0.172. The van der Waals surface area contributed by atoms with Gasteiger partial charge in [-0.3, -0.25) is 14.6 Å². The van der Waals surface area contributed by atoms with Crippen LogP contribution in [0.1, 0.15) is 34.5 Å². The molecule has 1 aromatic heterocycles. The Bertz CT molecular complexity index is 1460. The first kappa shape index (κ1) is 26.6. The highest BCUT2D eigenvalue weighted by Crippen LogP contribution is 2.31. The number of methoxy groups -OCH3 is 1. The zero-order valence-electron chi connectivity index (χ0n) is 20.9. The van der Waals surface area contributed by atoms with Gasteiger partial charge in [0.1, 0.15) is 5.88 Å². The Kier molecular flexibility index (Phi) is 8.55. The van der Waals surface area contributed by atoms with Gasteiger partial charge in [0.05, 0.1) is 24.7 Å². The highest BCUT2D eigenvalue weighted by Gasteiger charge is 2.13. The molecular weight excluding hydrogens is 504 g/mol. The minimum Gasteiger partial charge on any atom is -0.504 e. The molecule has 38 heavy (non-hydrogen) atoms. The van der Waals surface area contributed by atoms with Gasteiger partial charge in [-0.15, -0.1) is 11.6 Å². The molecule has 4 aromatic rings. The van der Waals surface area contributed by atoms with Crippen molar-refractivity contribution in [2.24, 2.45) is 0 Å². The predicted octanol–water partition coefficient (Wildman–Crippen LogP) is 5.63. The van der Waals surface area contributed by atoms with E-state index in [-0.39, 0.29) is 29.4 Å². The minimum atomic E-state index is -0.344. The SMILES string of the molecule is COc1cc(-c2cncc(C[C@@H](C)c3cccc(NC(=O)c4cccc(NC(=O)CCl)c4)c3)n2)ccc1O. The summed E-state index contributed by atoms with van der Waals surface area (Å²) in [5.74, 6) is -0.271. The molecule has 0 spiro atoms. The Hall–Kier alpha value is -4.43. The van der Waals surface area contributed by atoms with E-state index in [4.69, 9.17) is 21.3 Å². The van der Waals surface area contributed by atoms with Gasteiger partial charge < -0.3 is 20.5 Å². The molecule has 1 heterocycles. The van der Waals surface area contributed by atoms with E-state index in [9.17, 15) is 14.7 Å². The second kappa shape index (κ2) is 12.2. The number of nitrogens with one attached hydrogen (secondary N) is 2. The van der Waals surface area contributed by atoms with Gasteiger partial charge in [0, 0.05) is 28.7 Å². The number of carbonyl (C=O) groups is 2. The summed E-state index contributed by atoms with van der Waals surface area (Å²) in [4.78, 5) is 33.5. The first-order valence-corrected chi connectivity index (χ1v) is 12.4. The number of aromatic nitrogens is 2. The topological polar surface area (TPSA) is 113 Å². The Morgan fingerprint density at radius 2 is 1.76 bits per heavy atom. The minimum absolute atomic E-state index is 0.0618. The summed E-state index contributed by atoms with van der Waals surface area (Å²) in [6.45, 7) is 2.09. The summed E-state index contributed by atoms with van der Waals surface area (Å²) in [6.07, 6.45) is 4.04. The lowest BCUT2D eigenvalue weighted by Crippen LogP contribution is -2.15. The predicted molar refractivity (Wildman–Crippen MR) is 148 cm³/mol. The van der Waals surface area contributed by atoms with Gasteiger partial charge in [-0.1, -0.05) is 25.1 Å². The van der Waals surface area contributed by atoms with Crippen molar-refractivity contribution in [3.8, 4) is 22.8 Å². The number of halogens is 1. The largest absolute Gasteiger partial charge is 0.504 e. The summed E-state index contributed by atoms with van der Waals surface area (Å²) < 4.78 is 5.20. The first-order valence-electron chi connectivity index (χ1n) is 11.9. The number of hydrogen-bond acceptors (Lipinski definition) is 6. The number of alkyl halides is 1. The number of nitrogens with zero attached hydrogens (tertiary/aromatic N) is 2. The second-order valence-electron chi connectivity index (χ2n) is 8.73. The summed E-state index contributed by atoms with van der Waals surface area (Å²) in [6, 6.07) is 19.4. The van der Waals surface area contributed by atoms with Crippen LogP contribution < -0.4 is 15.4 Å². The van der Waals surface area contributed by atoms with Gasteiger partial charge in [0.25, 0.3) is 5.91 Å². The third kappa shape index (κ3) is 6.66. The molecule has 194 valence electrons. The lowest BCUT2D eigenvalue weighted by Gasteiger charge is -2.14. The number of benzene rings is 3. The number of anilines is 2. The molecule has 0 saturated carbocycles. The van der Waals surface area contributed by atoms with E-state index < -0.39 is 0 Å². The molecule has 8 nitrogen and oxygen atoms in total. The fourth-order valence-electron chi connectivity index (χ4n) is 3.97. The van der Waals surface area contributed by atoms with Gasteiger partial charge in [0.2, 0.25) is 5.91 Å². The van der Waals surface area contributed by atoms with E-state index >= 15 is 0 Å². The van der Waals surface area contributed by atoms with Gasteiger partial charge in [0.15, 0.2) is 11.5 Å². The Morgan fingerprint density at radius 1 is 1.00 bits per heavy atom. The molecular formula is C29H27ClN4O4. The highest BCUT2D eigenvalue weighted by molar-refractivity contribution is 6.29. The average molecular weight is 531 g/mol. The quantitative estimate of drug-likeness (QED) is 0.242. The van der Waals surface area contributed by atoms with E-state index in [1.54, 1.807) is 54.9 Å². The van der Waals surface area contributed by atoms with E-state index in [1.807, 2.05) is 24.3 Å². The van der Waals surface area contributed by atoms with Crippen molar-refractivity contribution in [3.63, 3.8) is 0 Å². The van der Waals surface area contributed by atoms with Crippen molar-refractivity contribution in [2.75, 3.05) is 23.6 Å². The average Bonchev–Trinajstić information content (AvgIpc) is 2.93. The molecule has 0 bridgehead atoms. The van der Waals surface area contributed by atoms with Crippen molar-refractivity contribution in [2.45, 2.75) is 19.3 Å². The van der Waals surface area contributed by atoms with Crippen LogP contribution in [0.15, 0.2) is 79.1 Å². The fourth-order valence-corrected chi connectivity index (χ4v) is 4.04. The number of carbonyl (C=O) groups excluding carboxylic acids is 2. The van der Waals surface area contributed by atoms with Gasteiger partial charge in [-0.05, 0) is 66.4 Å². The van der Waals surface area contributed by atoms with Crippen LogP contribution in [0.3, 0.4) is 0 Å². The zero-order valence-corrected chi connectivity index (χ0v) is 21.7. The van der Waals surface area contributed by atoms with Crippen LogP contribution >= 0.6 is 11.6 Å². The lowest BCUT2D eigenvalue weighted by molar-refractivity contribution is -0.113. The number of phenols is 1. The molecule has 0 aliphatic rings. The van der Waals surface area contributed by atoms with Crippen molar-refractivity contribution < 1.29 is 19.4 Å². The van der Waals surface area contributed by atoms with E-state index in [2.05, 4.69) is 22.5 Å². The Labute approximate surface area is 225 Å². The van der Waals surface area contributed by atoms with E-state index in [0.717, 1.165) is 16.8 Å². The van der Waals surface area contributed by atoms with Crippen molar-refractivity contribution in [1.82, 2.24) is 9.97 Å². The van der Waals surface area contributed by atoms with Crippen LogP contribution in [-0.4, -0.2) is 39.9 Å². The summed E-state index contributed by atoms with van der Waals surface area (Å²) in [7, 11) is 1.50. The molecule has 0 saturated heterocycles. The molecule has 0 aliphatic carbocycles. The molecule has 0 radical (unpaired) electrons. The van der Waals surface area contributed by atoms with E-state index in [0.29, 0.717) is 34.8 Å². The molecule has 0 unspecified atom stereocenters. The first-order chi connectivity index (χ1) is 18.4. The zero-order chi connectivity index (χ0) is 27.1. The molecule has 3 aromatic carbocycles. The van der Waals surface area contributed by atoms with Crippen LogP contribution in [0.4, 0.5) is 11.4 Å². The maximum atomic E-state index is 12.8. The molecule has 9 heteroatoms. The normalized spacial score (nSPS) is 11.4. The number of amides is 2. The number of hydrogen-bond donors (Lipinski definition) is 3. The maximum Gasteiger partial charge on any atom is 0.255 e. The molecule has 3 N–H and O–H groups in total. The molecule has 0 aliphatic heterocycles. The third-order valence-corrected chi connectivity index (χ3v) is 6.16. The molecule has 2 amide bonds. The van der Waals surface area contributed by atoms with Crippen LogP contribution in [0.25, 0.3) is 11.3 Å². The highest BCUT2D eigenvalue weighted by atomic mass is 35.5. The maximum absolute atomic E-state index is 12.8. The summed E-state index contributed by atoms with van der Waals surface area (Å²) in [5.41, 5.74) is 4.88. The van der Waals surface area contributed by atoms with Gasteiger partial charge >= 0.3 is 0 Å². The Balaban J connectivity index is 1.45. The smallest absolute Gasteiger partial charge is 0.255 e. The number of aromatic hydroxyl groups is 1. The number of phenolic OH excluding ortho intramolecular Hbond substituents is 1. The third-order valence-electron chi connectivity index (χ3n) is 5.92. The summed E-state index contributed by atoms with van der Waals surface area (Å²) in [5, 5.41) is 15.4. The van der Waals surface area contributed by atoms with Crippen LogP contribution in [0.5, 0.6) is 11.5 Å². The summed E-state index contributed by atoms with van der Waals surface area (Å²) >= 11 is 5.54. The number of ether oxygens (including phenoxy) is 1. The molecule has 0 fully saturated rings. The van der Waals surface area contributed by atoms with Crippen molar-refractivity contribution in [1.29, 1.82) is 0 Å². The number of rotatable bonds is 9. The lowest BCUT2D eigenvalue weighted by atomic mass is 9.95. The standard InChI is InChI=1S/C29H27ClN4O4/c1-18(11-24-16-31-17-25(32-24)20-9-10-26(35)27(14-20)38-2)19-5-3-8-23(12-19)34-29(37)21-6-4-7-22(13-21)33-28(36)15-30/h3-10,12-14,16-18,35H,11,15H2,1-2H3,(H,33,36)(H,34,37)/t18-/m1/s1. The van der Waals surface area contributed by atoms with Crippen LogP contribution in [-0.2, 0) is 11.2 Å². The Morgan fingerprint density at radius 3 is 2.53 bits per heavy atom. The van der Waals surface area contributed by atoms with Crippen LogP contribution in [0, 0.1) is 0 Å². The van der Waals surface area contributed by atoms with E-state index in [1.165, 1.54) is 7.11 Å². The van der Waals surface area contributed by atoms with Gasteiger partial charge in [-0.25, -0.2) is 4.98 Å². The molecule has 1 atom stereocenters. The van der Waals surface area contributed by atoms with Crippen molar-refractivity contribution >= 4 is 34.8 Å². The van der Waals surface area contributed by atoms with Crippen LogP contribution in [0.2, 0.25) is 0 Å². The molecule has 4 rings (SSSR count). The monoisotopic (exact) mass is 530 g/mol.